The zero-order valence-electron chi connectivity index (χ0n) is 9.57. The van der Waals surface area contributed by atoms with Crippen LogP contribution >= 0.6 is 58.0 Å². The minimum Gasteiger partial charge on any atom is -0.236 e. The van der Waals surface area contributed by atoms with Gasteiger partial charge in [-0.15, -0.1) is 0 Å². The van der Waals surface area contributed by atoms with Crippen molar-refractivity contribution in [3.8, 4) is 11.4 Å². The van der Waals surface area contributed by atoms with Gasteiger partial charge in [0.2, 0.25) is 0 Å². The molecule has 2 aromatic rings. The van der Waals surface area contributed by atoms with Gasteiger partial charge in [0.05, 0.1) is 36.2 Å². The number of benzene rings is 1. The average molecular weight is 396 g/mol. The van der Waals surface area contributed by atoms with Crippen molar-refractivity contribution in [2.24, 2.45) is 0 Å². The normalized spacial score (nSPS) is 11.8. The molecule has 0 N–H and O–H groups in total. The van der Waals surface area contributed by atoms with Crippen LogP contribution in [0.1, 0.15) is 5.56 Å². The Kier molecular flexibility index (Phi) is 4.81. The third-order valence-electron chi connectivity index (χ3n) is 2.41. The fraction of sp³-hybridized carbons (Fsp3) is 0.0909. The zero-order chi connectivity index (χ0) is 15.9. The highest BCUT2D eigenvalue weighted by Crippen LogP contribution is 2.47. The molecule has 2 rings (SSSR count). The molecular formula is C11H2Cl5F3N2. The third-order valence-corrected chi connectivity index (χ3v) is 4.69. The smallest absolute Gasteiger partial charge is 0.236 e. The number of hydrogen-bond donors (Lipinski definition) is 0. The fourth-order valence-corrected chi connectivity index (χ4v) is 2.71. The Morgan fingerprint density at radius 2 is 1.10 bits per heavy atom. The highest BCUT2D eigenvalue weighted by molar-refractivity contribution is 6.56. The summed E-state index contributed by atoms with van der Waals surface area (Å²) in [5.74, 6) is -0.154. The summed E-state index contributed by atoms with van der Waals surface area (Å²) in [7, 11) is 0. The summed E-state index contributed by atoms with van der Waals surface area (Å²) in [6, 6.07) is 0. The second kappa shape index (κ2) is 5.97. The lowest BCUT2D eigenvalue weighted by Gasteiger charge is -2.12. The summed E-state index contributed by atoms with van der Waals surface area (Å²) in [4.78, 5) is 7.18. The van der Waals surface area contributed by atoms with Gasteiger partial charge in [-0.3, -0.25) is 0 Å². The van der Waals surface area contributed by atoms with Crippen LogP contribution in [-0.4, -0.2) is 9.97 Å². The van der Waals surface area contributed by atoms with Crippen molar-refractivity contribution in [3.63, 3.8) is 0 Å². The minimum absolute atomic E-state index is 0.00598. The molecule has 0 saturated heterocycles. The molecular weight excluding hydrogens is 394 g/mol. The lowest BCUT2D eigenvalue weighted by molar-refractivity contribution is -0.138. The van der Waals surface area contributed by atoms with Crippen LogP contribution in [0, 0.1) is 0 Å². The summed E-state index contributed by atoms with van der Waals surface area (Å²) < 4.78 is 37.4. The van der Waals surface area contributed by atoms with E-state index in [4.69, 9.17) is 58.0 Å². The van der Waals surface area contributed by atoms with Crippen LogP contribution in [-0.2, 0) is 6.18 Å². The standard InChI is InChI=1S/C11H2Cl5F3N2/c12-5-4(6(13)8(15)9(16)7(5)14)10-20-1-3(2-21-10)11(17,18)19/h1-2H. The van der Waals surface area contributed by atoms with Crippen LogP contribution in [0.5, 0.6) is 0 Å². The number of alkyl halides is 3. The maximum absolute atomic E-state index is 12.5. The quantitative estimate of drug-likeness (QED) is 0.410. The van der Waals surface area contributed by atoms with Gasteiger partial charge in [0.1, 0.15) is 0 Å². The number of halogens is 8. The van der Waals surface area contributed by atoms with Crippen LogP contribution in [0.2, 0.25) is 25.1 Å². The molecule has 2 nitrogen and oxygen atoms in total. The molecule has 0 aliphatic heterocycles. The zero-order valence-corrected chi connectivity index (χ0v) is 13.4. The maximum Gasteiger partial charge on any atom is 0.419 e. The second-order valence-electron chi connectivity index (χ2n) is 3.74. The van der Waals surface area contributed by atoms with E-state index in [-0.39, 0.29) is 36.5 Å². The van der Waals surface area contributed by atoms with Crippen molar-refractivity contribution in [2.45, 2.75) is 6.18 Å². The van der Waals surface area contributed by atoms with Crippen LogP contribution in [0.25, 0.3) is 11.4 Å². The molecule has 0 bridgehead atoms. The van der Waals surface area contributed by atoms with Crippen LogP contribution in [0.3, 0.4) is 0 Å². The van der Waals surface area contributed by atoms with E-state index in [9.17, 15) is 13.2 Å². The van der Waals surface area contributed by atoms with Gasteiger partial charge >= 0.3 is 6.18 Å². The predicted octanol–water partition coefficient (Wildman–Crippen LogP) is 6.43. The lowest BCUT2D eigenvalue weighted by Crippen LogP contribution is -2.06. The highest BCUT2D eigenvalue weighted by atomic mass is 35.5. The topological polar surface area (TPSA) is 25.8 Å². The van der Waals surface area contributed by atoms with E-state index >= 15 is 0 Å². The number of rotatable bonds is 1. The Bertz CT molecular complexity index is 671. The Morgan fingerprint density at radius 3 is 1.48 bits per heavy atom. The van der Waals surface area contributed by atoms with Crippen molar-refractivity contribution in [3.05, 3.63) is 43.1 Å². The van der Waals surface area contributed by atoms with Gasteiger partial charge in [-0.05, 0) is 0 Å². The molecule has 0 radical (unpaired) electrons. The fourth-order valence-electron chi connectivity index (χ4n) is 1.40. The second-order valence-corrected chi connectivity index (χ2v) is 5.63. The lowest BCUT2D eigenvalue weighted by atomic mass is 10.2. The molecule has 0 atom stereocenters. The molecule has 0 spiro atoms. The summed E-state index contributed by atoms with van der Waals surface area (Å²) in [6.45, 7) is 0. The van der Waals surface area contributed by atoms with Crippen molar-refractivity contribution >= 4 is 58.0 Å². The Balaban J connectivity index is 2.63. The average Bonchev–Trinajstić information content (AvgIpc) is 2.43. The summed E-state index contributed by atoms with van der Waals surface area (Å²) in [5, 5.41) is -0.451. The SMILES string of the molecule is FC(F)(F)c1cnc(-c2c(Cl)c(Cl)c(Cl)c(Cl)c2Cl)nc1. The van der Waals surface area contributed by atoms with Gasteiger partial charge in [-0.25, -0.2) is 9.97 Å². The van der Waals surface area contributed by atoms with E-state index in [0.29, 0.717) is 12.4 Å². The molecule has 0 aliphatic rings. The van der Waals surface area contributed by atoms with Crippen molar-refractivity contribution in [1.29, 1.82) is 0 Å². The largest absolute Gasteiger partial charge is 0.419 e. The monoisotopic (exact) mass is 394 g/mol. The first kappa shape index (κ1) is 16.9. The first-order valence-electron chi connectivity index (χ1n) is 5.05. The van der Waals surface area contributed by atoms with E-state index < -0.39 is 11.7 Å². The van der Waals surface area contributed by atoms with Gasteiger partial charge in [0, 0.05) is 12.4 Å². The minimum atomic E-state index is -4.55. The Labute approximate surface area is 141 Å². The van der Waals surface area contributed by atoms with Crippen LogP contribution in [0.4, 0.5) is 13.2 Å². The molecule has 1 aromatic carbocycles. The van der Waals surface area contributed by atoms with Gasteiger partial charge in [-0.1, -0.05) is 58.0 Å². The molecule has 0 fully saturated rings. The van der Waals surface area contributed by atoms with E-state index in [1.807, 2.05) is 0 Å². The van der Waals surface area contributed by atoms with Gasteiger partial charge in [0.15, 0.2) is 5.82 Å². The van der Waals surface area contributed by atoms with Gasteiger partial charge in [-0.2, -0.15) is 13.2 Å². The Hall–Kier alpha value is -0.460. The molecule has 21 heavy (non-hydrogen) atoms. The molecule has 10 heteroatoms. The van der Waals surface area contributed by atoms with Crippen molar-refractivity contribution < 1.29 is 13.2 Å². The van der Waals surface area contributed by atoms with E-state index in [2.05, 4.69) is 9.97 Å². The van der Waals surface area contributed by atoms with Crippen molar-refractivity contribution in [1.82, 2.24) is 9.97 Å². The molecule has 1 aromatic heterocycles. The van der Waals surface area contributed by atoms with Gasteiger partial charge in [0.25, 0.3) is 0 Å². The van der Waals surface area contributed by atoms with E-state index in [1.165, 1.54) is 0 Å². The maximum atomic E-state index is 12.5. The molecule has 0 unspecified atom stereocenters. The van der Waals surface area contributed by atoms with E-state index in [1.54, 1.807) is 0 Å². The Morgan fingerprint density at radius 1 is 0.714 bits per heavy atom. The first-order chi connectivity index (χ1) is 9.64. The predicted molar refractivity (Wildman–Crippen MR) is 77.5 cm³/mol. The summed E-state index contributed by atoms with van der Waals surface area (Å²) in [6.07, 6.45) is -3.35. The van der Waals surface area contributed by atoms with Gasteiger partial charge < -0.3 is 0 Å². The third kappa shape index (κ3) is 3.17. The molecule has 1 heterocycles. The molecule has 112 valence electrons. The molecule has 0 aliphatic carbocycles. The summed E-state index contributed by atoms with van der Waals surface area (Å²) in [5.41, 5.74) is -1.00. The first-order valence-corrected chi connectivity index (χ1v) is 6.94. The number of hydrogen-bond acceptors (Lipinski definition) is 2. The molecule has 0 saturated carbocycles. The van der Waals surface area contributed by atoms with Crippen molar-refractivity contribution in [2.75, 3.05) is 0 Å². The molecule has 0 amide bonds. The van der Waals surface area contributed by atoms with Crippen LogP contribution < -0.4 is 0 Å². The van der Waals surface area contributed by atoms with E-state index in [0.717, 1.165) is 0 Å². The highest BCUT2D eigenvalue weighted by Gasteiger charge is 2.32. The number of aromatic nitrogens is 2. The number of nitrogens with zero attached hydrogens (tertiary/aromatic N) is 2. The van der Waals surface area contributed by atoms with Crippen LogP contribution in [0.15, 0.2) is 12.4 Å². The summed E-state index contributed by atoms with van der Waals surface area (Å²) >= 11 is 29.5.